The second kappa shape index (κ2) is 7.19. The summed E-state index contributed by atoms with van der Waals surface area (Å²) in [7, 11) is 0. The summed E-state index contributed by atoms with van der Waals surface area (Å²) < 4.78 is 20.9. The number of halogens is 1. The fraction of sp³-hybridized carbons (Fsp3) is 0.125. The maximum atomic E-state index is 13.6. The number of imidazole rings is 1. The Labute approximate surface area is 182 Å². The monoisotopic (exact) mass is 427 g/mol. The summed E-state index contributed by atoms with van der Waals surface area (Å²) in [6, 6.07) is 15.2. The maximum absolute atomic E-state index is 13.6. The summed E-state index contributed by atoms with van der Waals surface area (Å²) in [4.78, 5) is 23.0. The molecule has 0 unspecified atom stereocenters. The van der Waals surface area contributed by atoms with Crippen LogP contribution in [-0.4, -0.2) is 37.1 Å². The summed E-state index contributed by atoms with van der Waals surface area (Å²) in [5.41, 5.74) is 3.67. The van der Waals surface area contributed by atoms with Crippen LogP contribution in [0.2, 0.25) is 0 Å². The van der Waals surface area contributed by atoms with Gasteiger partial charge in [-0.15, -0.1) is 0 Å². The molecule has 1 aliphatic rings. The zero-order valence-electron chi connectivity index (χ0n) is 16.9. The Bertz CT molecular complexity index is 1400. The number of furan rings is 1. The Kier molecular flexibility index (Phi) is 4.17. The summed E-state index contributed by atoms with van der Waals surface area (Å²) in [6.45, 7) is 0.511. The van der Waals surface area contributed by atoms with Gasteiger partial charge in [0, 0.05) is 30.2 Å². The summed E-state index contributed by atoms with van der Waals surface area (Å²) in [5, 5.41) is 5.27. The standard InChI is InChI=1S/C24H18FN5O2/c25-17-5-7-18(8-6-17)30-13-16(12-28-30)24(31)29-10-9-19-22(27-14-26-19)23(29)21-11-15-3-1-2-4-20(15)32-21/h1-8,11-14,23H,9-10H2,(H,26,27)/t23-/m1/s1. The molecule has 0 radical (unpaired) electrons. The van der Waals surface area contributed by atoms with E-state index in [0.717, 1.165) is 22.4 Å². The molecule has 1 atom stereocenters. The van der Waals surface area contributed by atoms with Crippen molar-refractivity contribution >= 4 is 16.9 Å². The molecule has 158 valence electrons. The van der Waals surface area contributed by atoms with Gasteiger partial charge >= 0.3 is 0 Å². The number of hydrogen-bond donors (Lipinski definition) is 1. The second-order valence-corrected chi connectivity index (χ2v) is 7.75. The highest BCUT2D eigenvalue weighted by Gasteiger charge is 2.37. The highest BCUT2D eigenvalue weighted by molar-refractivity contribution is 5.94. The zero-order valence-corrected chi connectivity index (χ0v) is 16.9. The predicted octanol–water partition coefficient (Wildman–Crippen LogP) is 4.27. The van der Waals surface area contributed by atoms with Gasteiger partial charge in [-0.1, -0.05) is 18.2 Å². The minimum absolute atomic E-state index is 0.169. The van der Waals surface area contributed by atoms with Gasteiger partial charge in [-0.05, 0) is 36.4 Å². The van der Waals surface area contributed by atoms with E-state index in [1.54, 1.807) is 34.2 Å². The van der Waals surface area contributed by atoms with Crippen LogP contribution in [0.1, 0.15) is 33.5 Å². The quantitative estimate of drug-likeness (QED) is 0.466. The Hall–Kier alpha value is -4.20. The van der Waals surface area contributed by atoms with E-state index in [0.29, 0.717) is 30.0 Å². The third kappa shape index (κ3) is 2.99. The van der Waals surface area contributed by atoms with E-state index in [2.05, 4.69) is 15.1 Å². The number of benzene rings is 2. The van der Waals surface area contributed by atoms with Crippen molar-refractivity contribution in [2.75, 3.05) is 6.54 Å². The number of aromatic nitrogens is 4. The number of hydrogen-bond acceptors (Lipinski definition) is 4. The maximum Gasteiger partial charge on any atom is 0.258 e. The van der Waals surface area contributed by atoms with E-state index in [9.17, 15) is 9.18 Å². The number of fused-ring (bicyclic) bond motifs is 2. The van der Waals surface area contributed by atoms with Gasteiger partial charge < -0.3 is 14.3 Å². The average Bonchev–Trinajstić information content (AvgIpc) is 3.57. The van der Waals surface area contributed by atoms with Crippen molar-refractivity contribution < 1.29 is 13.6 Å². The molecule has 7 nitrogen and oxygen atoms in total. The number of para-hydroxylation sites is 1. The van der Waals surface area contributed by atoms with Gasteiger partial charge in [-0.3, -0.25) is 4.79 Å². The lowest BCUT2D eigenvalue weighted by Crippen LogP contribution is -2.40. The van der Waals surface area contributed by atoms with Crippen LogP contribution in [0.3, 0.4) is 0 Å². The molecule has 8 heteroatoms. The number of carbonyl (C=O) groups excluding carboxylic acids is 1. The first-order valence-corrected chi connectivity index (χ1v) is 10.3. The molecule has 6 rings (SSSR count). The lowest BCUT2D eigenvalue weighted by molar-refractivity contribution is 0.0673. The molecule has 5 aromatic rings. The molecule has 0 fully saturated rings. The highest BCUT2D eigenvalue weighted by Crippen LogP contribution is 2.37. The van der Waals surface area contributed by atoms with Crippen LogP contribution in [0.15, 0.2) is 77.7 Å². The van der Waals surface area contributed by atoms with E-state index in [4.69, 9.17) is 4.42 Å². The van der Waals surface area contributed by atoms with Gasteiger partial charge in [-0.2, -0.15) is 5.10 Å². The van der Waals surface area contributed by atoms with Crippen LogP contribution in [-0.2, 0) is 6.42 Å². The first-order valence-electron chi connectivity index (χ1n) is 10.3. The Balaban J connectivity index is 1.38. The lowest BCUT2D eigenvalue weighted by Gasteiger charge is -2.33. The number of carbonyl (C=O) groups is 1. The molecule has 0 spiro atoms. The van der Waals surface area contributed by atoms with Crippen molar-refractivity contribution in [3.8, 4) is 5.69 Å². The number of aromatic amines is 1. The minimum atomic E-state index is -0.445. The van der Waals surface area contributed by atoms with E-state index in [1.165, 1.54) is 18.3 Å². The van der Waals surface area contributed by atoms with Crippen LogP contribution in [0.25, 0.3) is 16.7 Å². The van der Waals surface area contributed by atoms with Crippen molar-refractivity contribution in [3.05, 3.63) is 102 Å². The molecule has 0 saturated heterocycles. The van der Waals surface area contributed by atoms with Gasteiger partial charge in [0.15, 0.2) is 0 Å². The normalized spacial score (nSPS) is 15.8. The number of rotatable bonds is 3. The molecule has 0 saturated carbocycles. The molecule has 1 N–H and O–H groups in total. The fourth-order valence-electron chi connectivity index (χ4n) is 4.25. The largest absolute Gasteiger partial charge is 0.458 e. The molecule has 1 aliphatic heterocycles. The topological polar surface area (TPSA) is 80.0 Å². The second-order valence-electron chi connectivity index (χ2n) is 7.75. The van der Waals surface area contributed by atoms with Crippen molar-refractivity contribution in [2.24, 2.45) is 0 Å². The molecule has 1 amide bonds. The van der Waals surface area contributed by atoms with Gasteiger partial charge in [-0.25, -0.2) is 14.1 Å². The lowest BCUT2D eigenvalue weighted by atomic mass is 9.99. The fourth-order valence-corrected chi connectivity index (χ4v) is 4.25. The Morgan fingerprint density at radius 1 is 1.16 bits per heavy atom. The van der Waals surface area contributed by atoms with Crippen LogP contribution in [0.4, 0.5) is 4.39 Å². The van der Waals surface area contributed by atoms with Gasteiger partial charge in [0.1, 0.15) is 23.2 Å². The van der Waals surface area contributed by atoms with Crippen LogP contribution in [0, 0.1) is 5.82 Å². The molecule has 4 heterocycles. The number of nitrogens with zero attached hydrogens (tertiary/aromatic N) is 4. The third-order valence-corrected chi connectivity index (χ3v) is 5.82. The number of H-pyrrole nitrogens is 1. The first kappa shape index (κ1) is 18.6. The SMILES string of the molecule is O=C(c1cnn(-c2ccc(F)cc2)c1)N1CCc2[nH]cnc2[C@H]1c1cc2ccccc2o1. The van der Waals surface area contributed by atoms with Crippen molar-refractivity contribution in [1.82, 2.24) is 24.6 Å². The highest BCUT2D eigenvalue weighted by atomic mass is 19.1. The van der Waals surface area contributed by atoms with E-state index in [-0.39, 0.29) is 11.7 Å². The first-order chi connectivity index (χ1) is 15.7. The summed E-state index contributed by atoms with van der Waals surface area (Å²) >= 11 is 0. The van der Waals surface area contributed by atoms with Crippen molar-refractivity contribution in [1.29, 1.82) is 0 Å². The smallest absolute Gasteiger partial charge is 0.258 e. The van der Waals surface area contributed by atoms with E-state index >= 15 is 0 Å². The van der Waals surface area contributed by atoms with Crippen LogP contribution < -0.4 is 0 Å². The average molecular weight is 427 g/mol. The molecular weight excluding hydrogens is 409 g/mol. The summed E-state index contributed by atoms with van der Waals surface area (Å²) in [5.74, 6) is 0.171. The zero-order chi connectivity index (χ0) is 21.7. The molecule has 0 bridgehead atoms. The van der Waals surface area contributed by atoms with E-state index in [1.807, 2.05) is 30.3 Å². The molecule has 0 aliphatic carbocycles. The van der Waals surface area contributed by atoms with E-state index < -0.39 is 6.04 Å². The van der Waals surface area contributed by atoms with Crippen molar-refractivity contribution in [2.45, 2.75) is 12.5 Å². The molecular formula is C24H18FN5O2. The molecule has 2 aromatic carbocycles. The Morgan fingerprint density at radius 2 is 2.00 bits per heavy atom. The Morgan fingerprint density at radius 3 is 2.84 bits per heavy atom. The number of amides is 1. The molecule has 3 aromatic heterocycles. The number of nitrogens with one attached hydrogen (secondary N) is 1. The van der Waals surface area contributed by atoms with Gasteiger partial charge in [0.05, 0.1) is 29.5 Å². The van der Waals surface area contributed by atoms with Crippen molar-refractivity contribution in [3.63, 3.8) is 0 Å². The molecule has 32 heavy (non-hydrogen) atoms. The summed E-state index contributed by atoms with van der Waals surface area (Å²) in [6.07, 6.45) is 5.51. The van der Waals surface area contributed by atoms with Crippen LogP contribution >= 0.6 is 0 Å². The van der Waals surface area contributed by atoms with Crippen LogP contribution in [0.5, 0.6) is 0 Å². The third-order valence-electron chi connectivity index (χ3n) is 5.82. The van der Waals surface area contributed by atoms with Gasteiger partial charge in [0.25, 0.3) is 5.91 Å². The predicted molar refractivity (Wildman–Crippen MR) is 115 cm³/mol. The minimum Gasteiger partial charge on any atom is -0.458 e. The van der Waals surface area contributed by atoms with Gasteiger partial charge in [0.2, 0.25) is 0 Å².